The quantitative estimate of drug-likeness (QED) is 0.347. The lowest BCUT2D eigenvalue weighted by Crippen LogP contribution is -2.49. The van der Waals surface area contributed by atoms with Crippen LogP contribution in [0.1, 0.15) is 72.2 Å². The highest BCUT2D eigenvalue weighted by atomic mass is 35.5. The Morgan fingerprint density at radius 3 is 2.20 bits per heavy atom. The second kappa shape index (κ2) is 12.5. The highest BCUT2D eigenvalue weighted by molar-refractivity contribution is 6.31. The first-order valence-corrected chi connectivity index (χ1v) is 12.5. The van der Waals surface area contributed by atoms with Gasteiger partial charge in [-0.3, -0.25) is 24.1 Å². The highest BCUT2D eigenvalue weighted by Gasteiger charge is 2.35. The Morgan fingerprint density at radius 2 is 1.60 bits per heavy atom. The summed E-state index contributed by atoms with van der Waals surface area (Å²) < 4.78 is 0. The summed E-state index contributed by atoms with van der Waals surface area (Å²) in [6.07, 6.45) is 2.67. The van der Waals surface area contributed by atoms with Crippen molar-refractivity contribution >= 4 is 35.2 Å². The van der Waals surface area contributed by atoms with E-state index in [2.05, 4.69) is 5.32 Å². The Labute approximate surface area is 211 Å². The zero-order valence-corrected chi connectivity index (χ0v) is 21.0. The molecule has 0 bridgehead atoms. The SMILES string of the molecule is CCCCNC(=O)C(CC)N(Cc1ccccc1Cl)C(=O)CCCN1C(=O)c2ccccc2C1=O. The number of halogens is 1. The monoisotopic (exact) mass is 497 g/mol. The molecule has 1 heterocycles. The van der Waals surface area contributed by atoms with Gasteiger partial charge in [-0.1, -0.05) is 62.2 Å². The number of amides is 4. The first kappa shape index (κ1) is 26.4. The number of hydrogen-bond donors (Lipinski definition) is 1. The molecule has 1 aliphatic heterocycles. The summed E-state index contributed by atoms with van der Waals surface area (Å²) in [5.41, 5.74) is 1.53. The molecule has 0 aliphatic carbocycles. The van der Waals surface area contributed by atoms with E-state index in [1.807, 2.05) is 32.0 Å². The Morgan fingerprint density at radius 1 is 0.971 bits per heavy atom. The summed E-state index contributed by atoms with van der Waals surface area (Å²) in [6, 6.07) is 13.3. The Kier molecular flexibility index (Phi) is 9.43. The second-order valence-electron chi connectivity index (χ2n) is 8.59. The molecule has 3 rings (SSSR count). The molecule has 186 valence electrons. The van der Waals surface area contributed by atoms with Gasteiger partial charge in [-0.15, -0.1) is 0 Å². The van der Waals surface area contributed by atoms with Gasteiger partial charge in [0, 0.05) is 31.1 Å². The third kappa shape index (κ3) is 6.28. The van der Waals surface area contributed by atoms with E-state index < -0.39 is 6.04 Å². The molecule has 8 heteroatoms. The van der Waals surface area contributed by atoms with Crippen molar-refractivity contribution in [2.45, 2.75) is 58.5 Å². The molecule has 35 heavy (non-hydrogen) atoms. The molecular formula is C27H32ClN3O4. The number of fused-ring (bicyclic) bond motifs is 1. The molecule has 0 spiro atoms. The van der Waals surface area contributed by atoms with E-state index in [1.165, 1.54) is 4.90 Å². The molecule has 0 aromatic heterocycles. The maximum Gasteiger partial charge on any atom is 0.261 e. The lowest BCUT2D eigenvalue weighted by atomic mass is 10.1. The third-order valence-electron chi connectivity index (χ3n) is 6.16. The van der Waals surface area contributed by atoms with Crippen molar-refractivity contribution in [2.24, 2.45) is 0 Å². The van der Waals surface area contributed by atoms with Crippen molar-refractivity contribution in [3.63, 3.8) is 0 Å². The van der Waals surface area contributed by atoms with Gasteiger partial charge in [-0.25, -0.2) is 0 Å². The summed E-state index contributed by atoms with van der Waals surface area (Å²) in [5, 5.41) is 3.46. The van der Waals surface area contributed by atoms with E-state index >= 15 is 0 Å². The average Bonchev–Trinajstić information content (AvgIpc) is 3.10. The van der Waals surface area contributed by atoms with Crippen LogP contribution in [-0.4, -0.2) is 52.6 Å². The fourth-order valence-corrected chi connectivity index (χ4v) is 4.41. The maximum atomic E-state index is 13.4. The van der Waals surface area contributed by atoms with Crippen LogP contribution in [-0.2, 0) is 16.1 Å². The van der Waals surface area contributed by atoms with Crippen LogP contribution in [0, 0.1) is 0 Å². The van der Waals surface area contributed by atoms with E-state index in [0.29, 0.717) is 35.5 Å². The number of imide groups is 1. The zero-order valence-electron chi connectivity index (χ0n) is 20.3. The molecule has 1 N–H and O–H groups in total. The van der Waals surface area contributed by atoms with Gasteiger partial charge in [0.2, 0.25) is 11.8 Å². The van der Waals surface area contributed by atoms with E-state index in [1.54, 1.807) is 35.2 Å². The molecule has 0 saturated carbocycles. The first-order valence-electron chi connectivity index (χ1n) is 12.1. The molecule has 2 aromatic rings. The molecule has 0 saturated heterocycles. The van der Waals surface area contributed by atoms with Crippen molar-refractivity contribution in [3.8, 4) is 0 Å². The summed E-state index contributed by atoms with van der Waals surface area (Å²) in [5.74, 6) is -1.10. The van der Waals surface area contributed by atoms with Crippen LogP contribution in [0.15, 0.2) is 48.5 Å². The number of nitrogens with one attached hydrogen (secondary N) is 1. The number of benzene rings is 2. The van der Waals surface area contributed by atoms with Gasteiger partial charge in [0.15, 0.2) is 0 Å². The summed E-state index contributed by atoms with van der Waals surface area (Å²) in [4.78, 5) is 54.3. The average molecular weight is 498 g/mol. The van der Waals surface area contributed by atoms with Gasteiger partial charge in [-0.05, 0) is 43.0 Å². The number of carbonyl (C=O) groups excluding carboxylic acids is 4. The molecule has 1 aliphatic rings. The molecule has 1 unspecified atom stereocenters. The number of carbonyl (C=O) groups is 4. The number of rotatable bonds is 12. The van der Waals surface area contributed by atoms with Crippen molar-refractivity contribution in [3.05, 3.63) is 70.2 Å². The fourth-order valence-electron chi connectivity index (χ4n) is 4.21. The van der Waals surface area contributed by atoms with Crippen LogP contribution in [0.25, 0.3) is 0 Å². The van der Waals surface area contributed by atoms with Crippen LogP contribution in [0.3, 0.4) is 0 Å². The van der Waals surface area contributed by atoms with Crippen LogP contribution >= 0.6 is 11.6 Å². The lowest BCUT2D eigenvalue weighted by molar-refractivity contribution is -0.141. The van der Waals surface area contributed by atoms with Gasteiger partial charge in [0.05, 0.1) is 11.1 Å². The molecule has 1 atom stereocenters. The largest absolute Gasteiger partial charge is 0.354 e. The Balaban J connectivity index is 1.70. The minimum atomic E-state index is -0.644. The standard InChI is InChI=1S/C27H32ClN3O4/c1-3-5-16-29-25(33)23(4-2)31(18-19-11-6-9-14-22(19)28)24(32)15-10-17-30-26(34)20-12-7-8-13-21(20)27(30)35/h6-9,11-14,23H,3-5,10,15-18H2,1-2H3,(H,29,33). The minimum Gasteiger partial charge on any atom is -0.354 e. The topological polar surface area (TPSA) is 86.8 Å². The molecule has 4 amide bonds. The predicted molar refractivity (Wildman–Crippen MR) is 135 cm³/mol. The Bertz CT molecular complexity index is 1050. The van der Waals surface area contributed by atoms with Crippen molar-refractivity contribution in [2.75, 3.05) is 13.1 Å². The highest BCUT2D eigenvalue weighted by Crippen LogP contribution is 2.24. The summed E-state index contributed by atoms with van der Waals surface area (Å²) >= 11 is 6.35. The normalized spacial score (nSPS) is 13.5. The molecular weight excluding hydrogens is 466 g/mol. The number of hydrogen-bond acceptors (Lipinski definition) is 4. The number of nitrogens with zero attached hydrogens (tertiary/aromatic N) is 2. The minimum absolute atomic E-state index is 0.0938. The van der Waals surface area contributed by atoms with E-state index in [9.17, 15) is 19.2 Å². The van der Waals surface area contributed by atoms with E-state index in [4.69, 9.17) is 11.6 Å². The molecule has 0 fully saturated rings. The van der Waals surface area contributed by atoms with Crippen molar-refractivity contribution in [1.82, 2.24) is 15.1 Å². The smallest absolute Gasteiger partial charge is 0.261 e. The fraction of sp³-hybridized carbons (Fsp3) is 0.407. The summed E-state index contributed by atoms with van der Waals surface area (Å²) in [6.45, 7) is 4.81. The van der Waals surface area contributed by atoms with Crippen LogP contribution < -0.4 is 5.32 Å². The van der Waals surface area contributed by atoms with E-state index in [-0.39, 0.29) is 43.1 Å². The first-order chi connectivity index (χ1) is 16.9. The Hall–Kier alpha value is -3.19. The van der Waals surface area contributed by atoms with Crippen LogP contribution in [0.2, 0.25) is 5.02 Å². The summed E-state index contributed by atoms with van der Waals surface area (Å²) in [7, 11) is 0. The van der Waals surface area contributed by atoms with Gasteiger partial charge in [-0.2, -0.15) is 0 Å². The van der Waals surface area contributed by atoms with Crippen LogP contribution in [0.4, 0.5) is 0 Å². The maximum absolute atomic E-state index is 13.4. The van der Waals surface area contributed by atoms with Gasteiger partial charge >= 0.3 is 0 Å². The van der Waals surface area contributed by atoms with Gasteiger partial charge in [0.1, 0.15) is 6.04 Å². The van der Waals surface area contributed by atoms with Crippen molar-refractivity contribution in [1.29, 1.82) is 0 Å². The predicted octanol–water partition coefficient (Wildman–Crippen LogP) is 4.44. The lowest BCUT2D eigenvalue weighted by Gasteiger charge is -2.31. The van der Waals surface area contributed by atoms with Gasteiger partial charge in [0.25, 0.3) is 11.8 Å². The zero-order chi connectivity index (χ0) is 25.4. The third-order valence-corrected chi connectivity index (χ3v) is 6.53. The molecule has 2 aromatic carbocycles. The van der Waals surface area contributed by atoms with E-state index in [0.717, 1.165) is 18.4 Å². The second-order valence-corrected chi connectivity index (χ2v) is 9.00. The van der Waals surface area contributed by atoms with Gasteiger partial charge < -0.3 is 10.2 Å². The number of unbranched alkanes of at least 4 members (excludes halogenated alkanes) is 1. The molecule has 0 radical (unpaired) electrons. The van der Waals surface area contributed by atoms with Crippen LogP contribution in [0.5, 0.6) is 0 Å². The molecule has 7 nitrogen and oxygen atoms in total. The van der Waals surface area contributed by atoms with Crippen molar-refractivity contribution < 1.29 is 19.2 Å².